The van der Waals surface area contributed by atoms with Crippen LogP contribution >= 0.6 is 0 Å². The molecule has 0 fully saturated rings. The monoisotopic (exact) mass is 324 g/mol. The van der Waals surface area contributed by atoms with Gasteiger partial charge in [0, 0.05) is 6.08 Å². The molecule has 0 atom stereocenters. The second-order valence-corrected chi connectivity index (χ2v) is 6.58. The number of aliphatic carboxylic acids is 1. The Morgan fingerprint density at radius 3 is 2.42 bits per heavy atom. The molecule has 2 aromatic rings. The number of allylic oxidation sites excluding steroid dienone is 2. The SMILES string of the molecule is CC(/C=C/c1nc2cccc(C(C)C)c2nc1C(C)C)=C\C(=O)O. The first kappa shape index (κ1) is 17.9. The van der Waals surface area contributed by atoms with Crippen molar-refractivity contribution < 1.29 is 9.90 Å². The van der Waals surface area contributed by atoms with Crippen molar-refractivity contribution in [1.82, 2.24) is 9.97 Å². The fraction of sp³-hybridized carbons (Fsp3) is 0.350. The van der Waals surface area contributed by atoms with Crippen LogP contribution in [0.3, 0.4) is 0 Å². The maximum atomic E-state index is 10.7. The van der Waals surface area contributed by atoms with Crippen molar-refractivity contribution in [1.29, 1.82) is 0 Å². The molecule has 1 aromatic heterocycles. The van der Waals surface area contributed by atoms with Crippen LogP contribution in [0.5, 0.6) is 0 Å². The summed E-state index contributed by atoms with van der Waals surface area (Å²) in [6, 6.07) is 6.07. The Labute approximate surface area is 143 Å². The van der Waals surface area contributed by atoms with Crippen LogP contribution in [0.4, 0.5) is 0 Å². The number of fused-ring (bicyclic) bond motifs is 1. The summed E-state index contributed by atoms with van der Waals surface area (Å²) in [6.45, 7) is 10.2. The van der Waals surface area contributed by atoms with Crippen molar-refractivity contribution in [3.63, 3.8) is 0 Å². The van der Waals surface area contributed by atoms with Crippen molar-refractivity contribution in [2.24, 2.45) is 0 Å². The van der Waals surface area contributed by atoms with Gasteiger partial charge in [-0.1, -0.05) is 45.9 Å². The van der Waals surface area contributed by atoms with Crippen LogP contribution in [0.2, 0.25) is 0 Å². The molecule has 0 saturated heterocycles. The summed E-state index contributed by atoms with van der Waals surface area (Å²) in [4.78, 5) is 20.4. The molecule has 4 heteroatoms. The minimum Gasteiger partial charge on any atom is -0.478 e. The normalized spacial score (nSPS) is 12.7. The van der Waals surface area contributed by atoms with Crippen molar-refractivity contribution in [2.75, 3.05) is 0 Å². The molecule has 0 unspecified atom stereocenters. The third-order valence-corrected chi connectivity index (χ3v) is 3.81. The molecular weight excluding hydrogens is 300 g/mol. The minimum absolute atomic E-state index is 0.227. The van der Waals surface area contributed by atoms with Gasteiger partial charge in [0.05, 0.1) is 22.4 Å². The van der Waals surface area contributed by atoms with E-state index in [0.29, 0.717) is 11.5 Å². The van der Waals surface area contributed by atoms with E-state index in [2.05, 4.69) is 33.8 Å². The van der Waals surface area contributed by atoms with Crippen LogP contribution in [0, 0.1) is 0 Å². The van der Waals surface area contributed by atoms with E-state index in [1.165, 1.54) is 11.6 Å². The topological polar surface area (TPSA) is 63.1 Å². The number of hydrogen-bond donors (Lipinski definition) is 1. The average molecular weight is 324 g/mol. The van der Waals surface area contributed by atoms with Crippen LogP contribution in [-0.4, -0.2) is 21.0 Å². The molecular formula is C20H24N2O2. The third kappa shape index (κ3) is 4.07. The van der Waals surface area contributed by atoms with E-state index in [1.807, 2.05) is 18.2 Å². The maximum absolute atomic E-state index is 10.7. The molecule has 0 radical (unpaired) electrons. The number of aromatic nitrogens is 2. The molecule has 1 heterocycles. The second-order valence-electron chi connectivity index (χ2n) is 6.58. The smallest absolute Gasteiger partial charge is 0.328 e. The van der Waals surface area contributed by atoms with Gasteiger partial charge < -0.3 is 5.11 Å². The van der Waals surface area contributed by atoms with Gasteiger partial charge in [-0.2, -0.15) is 0 Å². The Balaban J connectivity index is 2.60. The number of carbonyl (C=O) groups is 1. The second kappa shape index (κ2) is 7.39. The first-order valence-corrected chi connectivity index (χ1v) is 8.19. The van der Waals surface area contributed by atoms with E-state index < -0.39 is 5.97 Å². The predicted molar refractivity (Wildman–Crippen MR) is 98.1 cm³/mol. The Morgan fingerprint density at radius 2 is 1.83 bits per heavy atom. The lowest BCUT2D eigenvalue weighted by molar-refractivity contribution is -0.131. The fourth-order valence-electron chi connectivity index (χ4n) is 2.59. The fourth-order valence-corrected chi connectivity index (χ4v) is 2.59. The number of para-hydroxylation sites is 1. The highest BCUT2D eigenvalue weighted by atomic mass is 16.4. The molecule has 24 heavy (non-hydrogen) atoms. The van der Waals surface area contributed by atoms with E-state index in [1.54, 1.807) is 13.0 Å². The highest BCUT2D eigenvalue weighted by molar-refractivity contribution is 5.82. The molecule has 4 nitrogen and oxygen atoms in total. The average Bonchev–Trinajstić information content (AvgIpc) is 2.50. The van der Waals surface area contributed by atoms with Crippen LogP contribution in [-0.2, 0) is 4.79 Å². The third-order valence-electron chi connectivity index (χ3n) is 3.81. The number of rotatable bonds is 5. The summed E-state index contributed by atoms with van der Waals surface area (Å²) >= 11 is 0. The number of carboxylic acid groups (broad SMARTS) is 1. The van der Waals surface area contributed by atoms with Crippen molar-refractivity contribution in [3.05, 3.63) is 52.9 Å². The minimum atomic E-state index is -0.951. The van der Waals surface area contributed by atoms with Gasteiger partial charge in [-0.25, -0.2) is 14.8 Å². The summed E-state index contributed by atoms with van der Waals surface area (Å²) in [6.07, 6.45) is 4.79. The summed E-state index contributed by atoms with van der Waals surface area (Å²) in [5.41, 5.74) is 5.39. The van der Waals surface area contributed by atoms with E-state index in [9.17, 15) is 4.79 Å². The molecule has 0 aliphatic rings. The molecule has 1 aromatic carbocycles. The Kier molecular flexibility index (Phi) is 5.50. The molecule has 0 bridgehead atoms. The zero-order chi connectivity index (χ0) is 17.9. The Bertz CT molecular complexity index is 818. The molecule has 0 aliphatic carbocycles. The van der Waals surface area contributed by atoms with Crippen LogP contribution in [0.15, 0.2) is 35.9 Å². The summed E-state index contributed by atoms with van der Waals surface area (Å²) in [7, 11) is 0. The lowest BCUT2D eigenvalue weighted by Crippen LogP contribution is -2.03. The van der Waals surface area contributed by atoms with Crippen molar-refractivity contribution in [3.8, 4) is 0 Å². The van der Waals surface area contributed by atoms with Crippen LogP contribution in [0.1, 0.15) is 63.4 Å². The molecule has 2 rings (SSSR count). The van der Waals surface area contributed by atoms with Crippen LogP contribution < -0.4 is 0 Å². The van der Waals surface area contributed by atoms with Crippen molar-refractivity contribution in [2.45, 2.75) is 46.5 Å². The molecule has 126 valence electrons. The van der Waals surface area contributed by atoms with Gasteiger partial charge in [-0.05, 0) is 42.0 Å². The van der Waals surface area contributed by atoms with E-state index in [0.717, 1.165) is 22.4 Å². The van der Waals surface area contributed by atoms with Gasteiger partial charge in [0.2, 0.25) is 0 Å². The predicted octanol–water partition coefficient (Wildman–Crippen LogP) is 4.92. The summed E-state index contributed by atoms with van der Waals surface area (Å²) in [5.74, 6) is -0.344. The van der Waals surface area contributed by atoms with E-state index in [-0.39, 0.29) is 5.92 Å². The van der Waals surface area contributed by atoms with Gasteiger partial charge in [-0.3, -0.25) is 0 Å². The van der Waals surface area contributed by atoms with Gasteiger partial charge in [0.15, 0.2) is 0 Å². The van der Waals surface area contributed by atoms with Crippen LogP contribution in [0.25, 0.3) is 17.1 Å². The zero-order valence-electron chi connectivity index (χ0n) is 14.9. The highest BCUT2D eigenvalue weighted by Crippen LogP contribution is 2.27. The number of hydrogen-bond acceptors (Lipinski definition) is 3. The summed E-state index contributed by atoms with van der Waals surface area (Å²) < 4.78 is 0. The Morgan fingerprint density at radius 1 is 1.12 bits per heavy atom. The Hall–Kier alpha value is -2.49. The number of carboxylic acids is 1. The summed E-state index contributed by atoms with van der Waals surface area (Å²) in [5, 5.41) is 8.81. The van der Waals surface area contributed by atoms with E-state index >= 15 is 0 Å². The van der Waals surface area contributed by atoms with Crippen molar-refractivity contribution >= 4 is 23.1 Å². The van der Waals surface area contributed by atoms with Gasteiger partial charge in [0.25, 0.3) is 0 Å². The number of nitrogens with zero attached hydrogens (tertiary/aromatic N) is 2. The highest BCUT2D eigenvalue weighted by Gasteiger charge is 2.13. The molecule has 0 spiro atoms. The first-order chi connectivity index (χ1) is 11.3. The quantitative estimate of drug-likeness (QED) is 0.626. The van der Waals surface area contributed by atoms with Gasteiger partial charge in [-0.15, -0.1) is 0 Å². The van der Waals surface area contributed by atoms with Gasteiger partial charge >= 0.3 is 5.97 Å². The molecule has 1 N–H and O–H groups in total. The van der Waals surface area contributed by atoms with E-state index in [4.69, 9.17) is 15.1 Å². The lowest BCUT2D eigenvalue weighted by atomic mass is 10.00. The lowest BCUT2D eigenvalue weighted by Gasteiger charge is -2.14. The maximum Gasteiger partial charge on any atom is 0.328 e. The number of benzene rings is 1. The first-order valence-electron chi connectivity index (χ1n) is 8.19. The largest absolute Gasteiger partial charge is 0.478 e. The molecule has 0 saturated carbocycles. The van der Waals surface area contributed by atoms with Gasteiger partial charge in [0.1, 0.15) is 0 Å². The molecule has 0 aliphatic heterocycles. The standard InChI is InChI=1S/C20H24N2O2/c1-12(2)15-7-6-8-16-20(15)22-19(13(3)4)17(21-16)10-9-14(5)11-18(23)24/h6-13H,1-5H3,(H,23,24)/b10-9+,14-11+. The zero-order valence-corrected chi connectivity index (χ0v) is 14.9. The molecule has 0 amide bonds.